The first-order chi connectivity index (χ1) is 10.9. The Morgan fingerprint density at radius 2 is 1.87 bits per heavy atom. The minimum absolute atomic E-state index is 0.0280. The third-order valence-corrected chi connectivity index (χ3v) is 3.47. The SMILES string of the molecule is CN(C)CCN(C)C(=N)c1ccc(-c2cc(C(N)=O)on2)cc1. The van der Waals surface area contributed by atoms with Crippen molar-refractivity contribution < 1.29 is 9.32 Å². The molecule has 0 fully saturated rings. The van der Waals surface area contributed by atoms with Crippen molar-refractivity contribution in [2.24, 2.45) is 5.73 Å². The number of nitrogens with one attached hydrogen (secondary N) is 1. The highest BCUT2D eigenvalue weighted by atomic mass is 16.5. The number of benzene rings is 1. The van der Waals surface area contributed by atoms with Gasteiger partial charge < -0.3 is 20.1 Å². The van der Waals surface area contributed by atoms with E-state index in [9.17, 15) is 4.79 Å². The molecule has 7 nitrogen and oxygen atoms in total. The first kappa shape index (κ1) is 16.7. The summed E-state index contributed by atoms with van der Waals surface area (Å²) in [6, 6.07) is 8.88. The standard InChI is InChI=1S/C16H21N5O2/c1-20(2)8-9-21(3)15(17)12-6-4-11(5-7-12)13-10-14(16(18)22)23-19-13/h4-7,10,17H,8-9H2,1-3H3,(H2,18,22). The van der Waals surface area contributed by atoms with Crippen LogP contribution in [0, 0.1) is 5.41 Å². The monoisotopic (exact) mass is 315 g/mol. The fraction of sp³-hybridized carbons (Fsp3) is 0.312. The molecule has 1 amide bonds. The smallest absolute Gasteiger partial charge is 0.287 e. The van der Waals surface area contributed by atoms with E-state index in [-0.39, 0.29) is 5.76 Å². The van der Waals surface area contributed by atoms with Crippen LogP contribution in [0.2, 0.25) is 0 Å². The number of rotatable bonds is 6. The van der Waals surface area contributed by atoms with E-state index in [0.29, 0.717) is 11.5 Å². The number of carbonyl (C=O) groups excluding carboxylic acids is 1. The van der Waals surface area contributed by atoms with E-state index in [2.05, 4.69) is 10.1 Å². The molecule has 23 heavy (non-hydrogen) atoms. The van der Waals surface area contributed by atoms with Gasteiger partial charge in [0.05, 0.1) is 0 Å². The van der Waals surface area contributed by atoms with Gasteiger partial charge in [-0.05, 0) is 14.1 Å². The van der Waals surface area contributed by atoms with Gasteiger partial charge in [0.25, 0.3) is 5.91 Å². The summed E-state index contributed by atoms with van der Waals surface area (Å²) >= 11 is 0. The summed E-state index contributed by atoms with van der Waals surface area (Å²) in [5.74, 6) is -0.165. The second kappa shape index (κ2) is 7.06. The van der Waals surface area contributed by atoms with Crippen LogP contribution in [0.25, 0.3) is 11.3 Å². The average Bonchev–Trinajstić information content (AvgIpc) is 3.02. The fourth-order valence-electron chi connectivity index (χ4n) is 2.01. The highest BCUT2D eigenvalue weighted by Crippen LogP contribution is 2.20. The highest BCUT2D eigenvalue weighted by Gasteiger charge is 2.12. The summed E-state index contributed by atoms with van der Waals surface area (Å²) in [7, 11) is 5.91. The van der Waals surface area contributed by atoms with Crippen molar-refractivity contribution in [3.63, 3.8) is 0 Å². The summed E-state index contributed by atoms with van der Waals surface area (Å²) in [6.45, 7) is 1.66. The number of likely N-dealkylation sites (N-methyl/N-ethyl adjacent to an activating group) is 2. The molecule has 7 heteroatoms. The molecule has 0 bridgehead atoms. The lowest BCUT2D eigenvalue weighted by Crippen LogP contribution is -2.33. The molecule has 1 aromatic heterocycles. The van der Waals surface area contributed by atoms with Gasteiger partial charge >= 0.3 is 0 Å². The number of hydrogen-bond acceptors (Lipinski definition) is 5. The van der Waals surface area contributed by atoms with E-state index < -0.39 is 5.91 Å². The van der Waals surface area contributed by atoms with E-state index in [4.69, 9.17) is 15.7 Å². The van der Waals surface area contributed by atoms with Crippen molar-refractivity contribution >= 4 is 11.7 Å². The van der Waals surface area contributed by atoms with Crippen molar-refractivity contribution in [1.82, 2.24) is 15.0 Å². The van der Waals surface area contributed by atoms with Gasteiger partial charge in [-0.2, -0.15) is 0 Å². The van der Waals surface area contributed by atoms with Crippen LogP contribution in [0.1, 0.15) is 16.1 Å². The number of primary amides is 1. The molecular formula is C16H21N5O2. The summed E-state index contributed by atoms with van der Waals surface area (Å²) in [6.07, 6.45) is 0. The largest absolute Gasteiger partial charge is 0.363 e. The van der Waals surface area contributed by atoms with Crippen molar-refractivity contribution in [3.05, 3.63) is 41.7 Å². The predicted molar refractivity (Wildman–Crippen MR) is 88.5 cm³/mol. The Bertz CT molecular complexity index is 691. The fourth-order valence-corrected chi connectivity index (χ4v) is 2.01. The Labute approximate surface area is 135 Å². The van der Waals surface area contributed by atoms with Gasteiger partial charge in [-0.15, -0.1) is 0 Å². The quantitative estimate of drug-likeness (QED) is 0.617. The van der Waals surface area contributed by atoms with E-state index in [1.54, 1.807) is 0 Å². The molecule has 2 rings (SSSR count). The van der Waals surface area contributed by atoms with Gasteiger partial charge in [-0.3, -0.25) is 10.2 Å². The summed E-state index contributed by atoms with van der Waals surface area (Å²) < 4.78 is 4.87. The van der Waals surface area contributed by atoms with E-state index in [0.717, 1.165) is 24.2 Å². The molecule has 0 saturated heterocycles. The number of aromatic nitrogens is 1. The second-order valence-corrected chi connectivity index (χ2v) is 5.59. The normalized spacial score (nSPS) is 10.8. The molecule has 3 N–H and O–H groups in total. The summed E-state index contributed by atoms with van der Waals surface area (Å²) in [5.41, 5.74) is 7.30. The molecule has 0 aliphatic heterocycles. The number of amides is 1. The first-order valence-electron chi connectivity index (χ1n) is 7.20. The zero-order valence-corrected chi connectivity index (χ0v) is 13.5. The number of nitrogens with two attached hydrogens (primary N) is 1. The predicted octanol–water partition coefficient (Wildman–Crippen LogP) is 1.26. The third kappa shape index (κ3) is 4.17. The molecule has 0 radical (unpaired) electrons. The maximum absolute atomic E-state index is 11.0. The van der Waals surface area contributed by atoms with Gasteiger partial charge in [0, 0.05) is 37.3 Å². The van der Waals surface area contributed by atoms with Crippen LogP contribution in [0.4, 0.5) is 0 Å². The maximum Gasteiger partial charge on any atom is 0.287 e. The molecule has 122 valence electrons. The number of nitrogens with zero attached hydrogens (tertiary/aromatic N) is 3. The minimum Gasteiger partial charge on any atom is -0.363 e. The Hall–Kier alpha value is -2.67. The van der Waals surface area contributed by atoms with Crippen LogP contribution >= 0.6 is 0 Å². The van der Waals surface area contributed by atoms with Crippen molar-refractivity contribution in [2.45, 2.75) is 0 Å². The molecule has 0 saturated carbocycles. The Balaban J connectivity index is 2.09. The number of amidine groups is 1. The van der Waals surface area contributed by atoms with Crippen LogP contribution in [0.3, 0.4) is 0 Å². The minimum atomic E-state index is -0.648. The highest BCUT2D eigenvalue weighted by molar-refractivity contribution is 5.96. The van der Waals surface area contributed by atoms with Crippen molar-refractivity contribution in [1.29, 1.82) is 5.41 Å². The van der Waals surface area contributed by atoms with Crippen LogP contribution in [-0.4, -0.2) is 60.9 Å². The van der Waals surface area contributed by atoms with E-state index in [1.165, 1.54) is 6.07 Å². The van der Waals surface area contributed by atoms with Gasteiger partial charge in [0.2, 0.25) is 5.76 Å². The van der Waals surface area contributed by atoms with Gasteiger partial charge in [0.15, 0.2) is 0 Å². The zero-order valence-electron chi connectivity index (χ0n) is 13.5. The van der Waals surface area contributed by atoms with Gasteiger partial charge in [-0.25, -0.2) is 0 Å². The summed E-state index contributed by atoms with van der Waals surface area (Å²) in [5, 5.41) is 12.0. The second-order valence-electron chi connectivity index (χ2n) is 5.59. The first-order valence-corrected chi connectivity index (χ1v) is 7.20. The van der Waals surface area contributed by atoms with Crippen LogP contribution in [0.15, 0.2) is 34.9 Å². The molecule has 0 aliphatic carbocycles. The Kier molecular flexibility index (Phi) is 5.13. The lowest BCUT2D eigenvalue weighted by molar-refractivity contribution is 0.0965. The molecule has 0 atom stereocenters. The zero-order chi connectivity index (χ0) is 17.0. The van der Waals surface area contributed by atoms with E-state index >= 15 is 0 Å². The molecular weight excluding hydrogens is 294 g/mol. The molecule has 0 aliphatic rings. The average molecular weight is 315 g/mol. The summed E-state index contributed by atoms with van der Waals surface area (Å²) in [4.78, 5) is 15.0. The molecule has 2 aromatic rings. The molecule has 1 heterocycles. The van der Waals surface area contributed by atoms with Crippen molar-refractivity contribution in [2.75, 3.05) is 34.2 Å². The van der Waals surface area contributed by atoms with Gasteiger partial charge in [0.1, 0.15) is 11.5 Å². The topological polar surface area (TPSA) is 99.5 Å². The Morgan fingerprint density at radius 3 is 2.39 bits per heavy atom. The molecule has 1 aromatic carbocycles. The lowest BCUT2D eigenvalue weighted by atomic mass is 10.1. The van der Waals surface area contributed by atoms with E-state index in [1.807, 2.05) is 50.3 Å². The Morgan fingerprint density at radius 1 is 1.22 bits per heavy atom. The molecule has 0 spiro atoms. The van der Waals surface area contributed by atoms with Crippen LogP contribution < -0.4 is 5.73 Å². The number of carbonyl (C=O) groups is 1. The number of hydrogen-bond donors (Lipinski definition) is 2. The molecule has 0 unspecified atom stereocenters. The third-order valence-electron chi connectivity index (χ3n) is 3.47. The van der Waals surface area contributed by atoms with Crippen LogP contribution in [-0.2, 0) is 0 Å². The lowest BCUT2D eigenvalue weighted by Gasteiger charge is -2.22. The van der Waals surface area contributed by atoms with Crippen LogP contribution in [0.5, 0.6) is 0 Å². The van der Waals surface area contributed by atoms with Crippen molar-refractivity contribution in [3.8, 4) is 11.3 Å². The van der Waals surface area contributed by atoms with Gasteiger partial charge in [-0.1, -0.05) is 29.4 Å². The maximum atomic E-state index is 11.0.